The van der Waals surface area contributed by atoms with Crippen LogP contribution in [0.1, 0.15) is 18.1 Å². The van der Waals surface area contributed by atoms with Gasteiger partial charge in [-0.2, -0.15) is 4.31 Å². The minimum absolute atomic E-state index is 0.141. The van der Waals surface area contributed by atoms with Crippen LogP contribution in [0.3, 0.4) is 0 Å². The Hall–Kier alpha value is -2.42. The zero-order chi connectivity index (χ0) is 23.0. The van der Waals surface area contributed by atoms with Gasteiger partial charge in [-0.05, 0) is 30.2 Å². The highest BCUT2D eigenvalue weighted by molar-refractivity contribution is 7.88. The monoisotopic (exact) mass is 465 g/mol. The molecule has 9 heteroatoms. The summed E-state index contributed by atoms with van der Waals surface area (Å²) in [6.07, 6.45) is 1.34. The summed E-state index contributed by atoms with van der Waals surface area (Å²) in [5, 5.41) is 3.35. The van der Waals surface area contributed by atoms with E-state index in [1.165, 1.54) is 11.9 Å². The molecule has 0 aliphatic heterocycles. The van der Waals surface area contributed by atoms with E-state index in [0.717, 1.165) is 21.7 Å². The summed E-state index contributed by atoms with van der Waals surface area (Å²) in [5.41, 5.74) is 1.67. The molecule has 0 aromatic heterocycles. The maximum Gasteiger partial charge on any atom is 0.243 e. The smallest absolute Gasteiger partial charge is 0.243 e. The van der Waals surface area contributed by atoms with Gasteiger partial charge in [-0.15, -0.1) is 0 Å². The predicted molar refractivity (Wildman–Crippen MR) is 122 cm³/mol. The van der Waals surface area contributed by atoms with Gasteiger partial charge in [-0.3, -0.25) is 9.59 Å². The van der Waals surface area contributed by atoms with E-state index in [4.69, 9.17) is 11.6 Å². The Morgan fingerprint density at radius 1 is 1.03 bits per heavy atom. The molecule has 1 atom stereocenters. The summed E-state index contributed by atoms with van der Waals surface area (Å²) < 4.78 is 24.7. The Morgan fingerprint density at radius 2 is 1.65 bits per heavy atom. The van der Waals surface area contributed by atoms with Gasteiger partial charge < -0.3 is 10.2 Å². The predicted octanol–water partition coefficient (Wildman–Crippen LogP) is 2.31. The first-order chi connectivity index (χ1) is 14.6. The molecule has 168 valence electrons. The summed E-state index contributed by atoms with van der Waals surface area (Å²) in [5.74, 6) is -0.759. The van der Waals surface area contributed by atoms with Crippen LogP contribution in [0.2, 0.25) is 5.02 Å². The van der Waals surface area contributed by atoms with E-state index in [0.29, 0.717) is 18.0 Å². The molecule has 2 rings (SSSR count). The second-order valence-corrected chi connectivity index (χ2v) is 9.79. The Morgan fingerprint density at radius 3 is 2.19 bits per heavy atom. The van der Waals surface area contributed by atoms with Crippen LogP contribution >= 0.6 is 11.6 Å². The highest BCUT2D eigenvalue weighted by Gasteiger charge is 2.31. The van der Waals surface area contributed by atoms with Gasteiger partial charge in [0.1, 0.15) is 6.04 Å². The van der Waals surface area contributed by atoms with Crippen LogP contribution in [0.25, 0.3) is 0 Å². The lowest BCUT2D eigenvalue weighted by atomic mass is 10.0. The van der Waals surface area contributed by atoms with Crippen LogP contribution in [0.4, 0.5) is 0 Å². The number of carbonyl (C=O) groups is 2. The number of amides is 2. The molecule has 0 aliphatic carbocycles. The third kappa shape index (κ3) is 7.65. The molecule has 0 aliphatic rings. The highest BCUT2D eigenvalue weighted by atomic mass is 35.5. The molecule has 0 fully saturated rings. The number of likely N-dealkylation sites (N-methyl/N-ethyl adjacent to an activating group) is 2. The van der Waals surface area contributed by atoms with E-state index in [1.54, 1.807) is 31.2 Å². The molecule has 0 unspecified atom stereocenters. The lowest BCUT2D eigenvalue weighted by Crippen LogP contribution is -2.52. The molecule has 0 spiro atoms. The van der Waals surface area contributed by atoms with E-state index < -0.39 is 22.0 Å². The summed E-state index contributed by atoms with van der Waals surface area (Å²) >= 11 is 5.97. The average molecular weight is 466 g/mol. The third-order valence-corrected chi connectivity index (χ3v) is 6.33. The summed E-state index contributed by atoms with van der Waals surface area (Å²) in [6.45, 7) is 2.00. The van der Waals surface area contributed by atoms with Gasteiger partial charge in [0.05, 0.1) is 12.8 Å². The lowest BCUT2D eigenvalue weighted by Gasteiger charge is -2.32. The van der Waals surface area contributed by atoms with Crippen molar-refractivity contribution < 1.29 is 18.0 Å². The largest absolute Gasteiger partial charge is 0.355 e. The normalized spacial score (nSPS) is 12.4. The van der Waals surface area contributed by atoms with Crippen LogP contribution in [-0.2, 0) is 32.6 Å². The maximum absolute atomic E-state index is 13.2. The second kappa shape index (κ2) is 11.3. The maximum atomic E-state index is 13.2. The molecule has 0 saturated heterocycles. The standard InChI is InChI=1S/C22H28ClN3O4S/c1-4-24-22(28)20(14-17-8-6-5-7-9-17)26(15-18-10-12-19(23)13-11-18)21(27)16-25(2)31(3,29)30/h5-13,20H,4,14-16H2,1-3H3,(H,24,28)/t20-/m1/s1. The van der Waals surface area contributed by atoms with Gasteiger partial charge in [-0.1, -0.05) is 54.1 Å². The van der Waals surface area contributed by atoms with Gasteiger partial charge in [0.2, 0.25) is 21.8 Å². The third-order valence-electron chi connectivity index (χ3n) is 4.81. The number of nitrogens with zero attached hydrogens (tertiary/aromatic N) is 2. The fourth-order valence-corrected chi connectivity index (χ4v) is 3.50. The van der Waals surface area contributed by atoms with E-state index in [-0.39, 0.29) is 19.0 Å². The molecule has 31 heavy (non-hydrogen) atoms. The molecular formula is C22H28ClN3O4S. The minimum atomic E-state index is -3.56. The number of rotatable bonds is 10. The number of halogens is 1. The van der Waals surface area contributed by atoms with Crippen molar-refractivity contribution in [1.29, 1.82) is 0 Å². The number of carbonyl (C=O) groups excluding carboxylic acids is 2. The molecule has 0 saturated carbocycles. The summed E-state index contributed by atoms with van der Waals surface area (Å²) in [7, 11) is -2.22. The lowest BCUT2D eigenvalue weighted by molar-refractivity contribution is -0.141. The molecular weight excluding hydrogens is 438 g/mol. The quantitative estimate of drug-likeness (QED) is 0.583. The zero-order valence-corrected chi connectivity index (χ0v) is 19.5. The first-order valence-electron chi connectivity index (χ1n) is 9.88. The van der Waals surface area contributed by atoms with Gasteiger partial charge in [0.25, 0.3) is 0 Å². The number of benzene rings is 2. The van der Waals surface area contributed by atoms with Gasteiger partial charge in [0, 0.05) is 31.6 Å². The van der Waals surface area contributed by atoms with Crippen molar-refractivity contribution in [3.63, 3.8) is 0 Å². The van der Waals surface area contributed by atoms with Crippen molar-refractivity contribution in [2.75, 3.05) is 26.4 Å². The fourth-order valence-electron chi connectivity index (χ4n) is 3.03. The van der Waals surface area contributed by atoms with E-state index in [9.17, 15) is 18.0 Å². The van der Waals surface area contributed by atoms with Crippen LogP contribution in [0.15, 0.2) is 54.6 Å². The Labute approximate surface area is 189 Å². The number of hydrogen-bond acceptors (Lipinski definition) is 4. The van der Waals surface area contributed by atoms with Gasteiger partial charge in [-0.25, -0.2) is 8.42 Å². The molecule has 7 nitrogen and oxygen atoms in total. The number of hydrogen-bond donors (Lipinski definition) is 1. The highest BCUT2D eigenvalue weighted by Crippen LogP contribution is 2.17. The van der Waals surface area contributed by atoms with Crippen molar-refractivity contribution in [3.8, 4) is 0 Å². The van der Waals surface area contributed by atoms with Crippen LogP contribution < -0.4 is 5.32 Å². The Bertz CT molecular complexity index is 982. The first-order valence-corrected chi connectivity index (χ1v) is 12.1. The molecule has 2 amide bonds. The van der Waals surface area contributed by atoms with Crippen molar-refractivity contribution in [2.24, 2.45) is 0 Å². The average Bonchev–Trinajstić information content (AvgIpc) is 2.72. The van der Waals surface area contributed by atoms with E-state index in [1.807, 2.05) is 30.3 Å². The summed E-state index contributed by atoms with van der Waals surface area (Å²) in [4.78, 5) is 27.6. The number of sulfonamides is 1. The Kier molecular flexibility index (Phi) is 9.03. The van der Waals surface area contributed by atoms with Crippen molar-refractivity contribution in [2.45, 2.75) is 25.9 Å². The van der Waals surface area contributed by atoms with Crippen LogP contribution in [0.5, 0.6) is 0 Å². The van der Waals surface area contributed by atoms with Crippen molar-refractivity contribution in [3.05, 3.63) is 70.7 Å². The minimum Gasteiger partial charge on any atom is -0.355 e. The molecule has 2 aromatic carbocycles. The summed E-state index contributed by atoms with van der Waals surface area (Å²) in [6, 6.07) is 15.6. The molecule has 1 N–H and O–H groups in total. The van der Waals surface area contributed by atoms with Crippen LogP contribution in [0, 0.1) is 0 Å². The van der Waals surface area contributed by atoms with Crippen molar-refractivity contribution >= 4 is 33.4 Å². The van der Waals surface area contributed by atoms with E-state index >= 15 is 0 Å². The topological polar surface area (TPSA) is 86.8 Å². The Balaban J connectivity index is 2.41. The van der Waals surface area contributed by atoms with Gasteiger partial charge in [0.15, 0.2) is 0 Å². The first kappa shape index (κ1) is 24.8. The van der Waals surface area contributed by atoms with E-state index in [2.05, 4.69) is 5.32 Å². The molecule has 0 bridgehead atoms. The zero-order valence-electron chi connectivity index (χ0n) is 17.9. The second-order valence-electron chi connectivity index (χ2n) is 7.27. The van der Waals surface area contributed by atoms with Crippen LogP contribution in [-0.4, -0.2) is 61.9 Å². The molecule has 0 radical (unpaired) electrons. The van der Waals surface area contributed by atoms with Crippen molar-refractivity contribution in [1.82, 2.24) is 14.5 Å². The molecule has 2 aromatic rings. The fraction of sp³-hybridized carbons (Fsp3) is 0.364. The van der Waals surface area contributed by atoms with Gasteiger partial charge >= 0.3 is 0 Å². The molecule has 0 heterocycles. The number of nitrogens with one attached hydrogen (secondary N) is 1. The SMILES string of the molecule is CCNC(=O)[C@@H](Cc1ccccc1)N(Cc1ccc(Cl)cc1)C(=O)CN(C)S(C)(=O)=O.